The SMILES string of the molecule is CCNC(=NCc1cc(C(C)C)no1)NCCCN(C)CCOC. The summed E-state index contributed by atoms with van der Waals surface area (Å²) in [4.78, 5) is 6.81. The number of hydrogen-bond acceptors (Lipinski definition) is 5. The van der Waals surface area contributed by atoms with Crippen molar-refractivity contribution in [2.75, 3.05) is 46.9 Å². The van der Waals surface area contributed by atoms with Gasteiger partial charge in [0.2, 0.25) is 0 Å². The van der Waals surface area contributed by atoms with Gasteiger partial charge in [0.25, 0.3) is 0 Å². The van der Waals surface area contributed by atoms with Crippen molar-refractivity contribution >= 4 is 5.96 Å². The summed E-state index contributed by atoms with van der Waals surface area (Å²) in [6.07, 6.45) is 1.05. The van der Waals surface area contributed by atoms with E-state index in [9.17, 15) is 0 Å². The maximum absolute atomic E-state index is 5.32. The number of nitrogens with zero attached hydrogens (tertiary/aromatic N) is 3. The summed E-state index contributed by atoms with van der Waals surface area (Å²) in [5, 5.41) is 10.7. The van der Waals surface area contributed by atoms with Gasteiger partial charge in [0, 0.05) is 32.8 Å². The third-order valence-electron chi connectivity index (χ3n) is 3.59. The largest absolute Gasteiger partial charge is 0.383 e. The zero-order chi connectivity index (χ0) is 17.8. The predicted octanol–water partition coefficient (Wildman–Crippen LogP) is 1.82. The van der Waals surface area contributed by atoms with Gasteiger partial charge in [0.05, 0.1) is 12.3 Å². The van der Waals surface area contributed by atoms with Gasteiger partial charge in [-0.3, -0.25) is 0 Å². The number of aromatic nitrogens is 1. The molecule has 0 fully saturated rings. The minimum absolute atomic E-state index is 0.368. The van der Waals surface area contributed by atoms with Gasteiger partial charge >= 0.3 is 0 Å². The van der Waals surface area contributed by atoms with Crippen molar-refractivity contribution < 1.29 is 9.26 Å². The second-order valence-corrected chi connectivity index (χ2v) is 6.14. The fourth-order valence-electron chi connectivity index (χ4n) is 2.09. The van der Waals surface area contributed by atoms with E-state index in [4.69, 9.17) is 9.26 Å². The first-order chi connectivity index (χ1) is 11.6. The Balaban J connectivity index is 2.36. The number of guanidine groups is 1. The van der Waals surface area contributed by atoms with Crippen LogP contribution >= 0.6 is 0 Å². The van der Waals surface area contributed by atoms with Crippen LogP contribution in [0.3, 0.4) is 0 Å². The molecule has 0 aliphatic rings. The molecule has 0 saturated heterocycles. The van der Waals surface area contributed by atoms with Crippen LogP contribution in [0.1, 0.15) is 44.6 Å². The number of likely N-dealkylation sites (N-methyl/N-ethyl adjacent to an activating group) is 1. The van der Waals surface area contributed by atoms with Gasteiger partial charge < -0.3 is 24.8 Å². The van der Waals surface area contributed by atoms with Crippen molar-refractivity contribution in [3.63, 3.8) is 0 Å². The van der Waals surface area contributed by atoms with E-state index in [1.165, 1.54) is 0 Å². The van der Waals surface area contributed by atoms with Gasteiger partial charge in [-0.15, -0.1) is 0 Å². The van der Waals surface area contributed by atoms with Crippen molar-refractivity contribution in [3.8, 4) is 0 Å². The van der Waals surface area contributed by atoms with E-state index in [1.807, 2.05) is 6.07 Å². The van der Waals surface area contributed by atoms with Crippen molar-refractivity contribution in [2.45, 2.75) is 39.7 Å². The molecule has 2 N–H and O–H groups in total. The Hall–Kier alpha value is -1.60. The van der Waals surface area contributed by atoms with Gasteiger partial charge in [0.1, 0.15) is 6.54 Å². The van der Waals surface area contributed by atoms with Crippen molar-refractivity contribution in [1.29, 1.82) is 0 Å². The molecule has 7 heteroatoms. The first-order valence-corrected chi connectivity index (χ1v) is 8.72. The van der Waals surface area contributed by atoms with Crippen LogP contribution < -0.4 is 10.6 Å². The molecule has 0 aliphatic heterocycles. The summed E-state index contributed by atoms with van der Waals surface area (Å²) in [5.41, 5.74) is 0.970. The second-order valence-electron chi connectivity index (χ2n) is 6.14. The molecule has 1 aromatic rings. The monoisotopic (exact) mass is 339 g/mol. The molecule has 0 aromatic carbocycles. The Kier molecular flexibility index (Phi) is 10.1. The maximum atomic E-state index is 5.32. The van der Waals surface area contributed by atoms with E-state index in [1.54, 1.807) is 7.11 Å². The molecular formula is C17H33N5O2. The number of hydrogen-bond donors (Lipinski definition) is 2. The number of ether oxygens (including phenoxy) is 1. The van der Waals surface area contributed by atoms with Crippen LogP contribution in [0.15, 0.2) is 15.6 Å². The Labute approximate surface area is 145 Å². The lowest BCUT2D eigenvalue weighted by atomic mass is 10.1. The third kappa shape index (κ3) is 8.31. The Morgan fingerprint density at radius 1 is 1.38 bits per heavy atom. The molecule has 7 nitrogen and oxygen atoms in total. The van der Waals surface area contributed by atoms with Gasteiger partial charge in [-0.1, -0.05) is 19.0 Å². The molecule has 1 heterocycles. The fourth-order valence-corrected chi connectivity index (χ4v) is 2.09. The standard InChI is InChI=1S/C17H33N5O2/c1-6-18-17(19-8-7-9-22(4)10-11-23-5)20-13-15-12-16(14(2)3)21-24-15/h12,14H,6-11,13H2,1-5H3,(H2,18,19,20). The number of aliphatic imine (C=N–C) groups is 1. The van der Waals surface area contributed by atoms with E-state index in [-0.39, 0.29) is 0 Å². The highest BCUT2D eigenvalue weighted by atomic mass is 16.5. The highest BCUT2D eigenvalue weighted by molar-refractivity contribution is 5.79. The highest BCUT2D eigenvalue weighted by Gasteiger charge is 2.07. The Morgan fingerprint density at radius 2 is 2.17 bits per heavy atom. The normalized spacial score (nSPS) is 12.2. The summed E-state index contributed by atoms with van der Waals surface area (Å²) in [6.45, 7) is 11.2. The van der Waals surface area contributed by atoms with Gasteiger partial charge in [-0.05, 0) is 32.9 Å². The quantitative estimate of drug-likeness (QED) is 0.364. The zero-order valence-electron chi connectivity index (χ0n) is 15.8. The molecule has 24 heavy (non-hydrogen) atoms. The zero-order valence-corrected chi connectivity index (χ0v) is 15.8. The maximum Gasteiger partial charge on any atom is 0.191 e. The van der Waals surface area contributed by atoms with Crippen molar-refractivity contribution in [2.24, 2.45) is 4.99 Å². The van der Waals surface area contributed by atoms with E-state index < -0.39 is 0 Å². The predicted molar refractivity (Wildman–Crippen MR) is 97.4 cm³/mol. The van der Waals surface area contributed by atoms with Gasteiger partial charge in [-0.2, -0.15) is 0 Å². The lowest BCUT2D eigenvalue weighted by Gasteiger charge is -2.16. The van der Waals surface area contributed by atoms with E-state index in [0.717, 1.165) is 56.6 Å². The van der Waals surface area contributed by atoms with E-state index in [0.29, 0.717) is 12.5 Å². The van der Waals surface area contributed by atoms with E-state index in [2.05, 4.69) is 53.5 Å². The molecule has 0 bridgehead atoms. The highest BCUT2D eigenvalue weighted by Crippen LogP contribution is 2.14. The summed E-state index contributed by atoms with van der Waals surface area (Å²) < 4.78 is 10.4. The van der Waals surface area contributed by atoms with Crippen LogP contribution in [0.25, 0.3) is 0 Å². The lowest BCUT2D eigenvalue weighted by molar-refractivity contribution is 0.161. The Bertz CT molecular complexity index is 473. The minimum Gasteiger partial charge on any atom is -0.383 e. The molecule has 1 rings (SSSR count). The van der Waals surface area contributed by atoms with Crippen molar-refractivity contribution in [1.82, 2.24) is 20.7 Å². The average molecular weight is 339 g/mol. The molecule has 0 atom stereocenters. The molecule has 138 valence electrons. The smallest absolute Gasteiger partial charge is 0.191 e. The molecule has 0 unspecified atom stereocenters. The number of methoxy groups -OCH3 is 1. The Morgan fingerprint density at radius 3 is 2.79 bits per heavy atom. The molecule has 0 aliphatic carbocycles. The van der Waals surface area contributed by atoms with Gasteiger partial charge in [-0.25, -0.2) is 4.99 Å². The van der Waals surface area contributed by atoms with Crippen LogP contribution in [0.5, 0.6) is 0 Å². The number of rotatable bonds is 11. The summed E-state index contributed by atoms with van der Waals surface area (Å²) in [7, 11) is 3.84. The minimum atomic E-state index is 0.368. The summed E-state index contributed by atoms with van der Waals surface area (Å²) in [6, 6.07) is 1.97. The van der Waals surface area contributed by atoms with Crippen LogP contribution in [0, 0.1) is 0 Å². The first kappa shape index (κ1) is 20.4. The fraction of sp³-hybridized carbons (Fsp3) is 0.765. The third-order valence-corrected chi connectivity index (χ3v) is 3.59. The number of nitrogens with one attached hydrogen (secondary N) is 2. The van der Waals surface area contributed by atoms with E-state index >= 15 is 0 Å². The van der Waals surface area contributed by atoms with Crippen LogP contribution in [-0.4, -0.2) is 63.0 Å². The summed E-state index contributed by atoms with van der Waals surface area (Å²) in [5.74, 6) is 1.96. The topological polar surface area (TPSA) is 74.9 Å². The molecule has 0 amide bonds. The average Bonchev–Trinajstić information content (AvgIpc) is 3.03. The molecular weight excluding hydrogens is 306 g/mol. The van der Waals surface area contributed by atoms with Gasteiger partial charge in [0.15, 0.2) is 11.7 Å². The molecule has 0 radical (unpaired) electrons. The lowest BCUT2D eigenvalue weighted by Crippen LogP contribution is -2.38. The van der Waals surface area contributed by atoms with Crippen LogP contribution in [-0.2, 0) is 11.3 Å². The second kappa shape index (κ2) is 11.9. The van der Waals surface area contributed by atoms with Crippen molar-refractivity contribution in [3.05, 3.63) is 17.5 Å². The van der Waals surface area contributed by atoms with Crippen LogP contribution in [0.4, 0.5) is 0 Å². The summed E-state index contributed by atoms with van der Waals surface area (Å²) >= 11 is 0. The van der Waals surface area contributed by atoms with Crippen LogP contribution in [0.2, 0.25) is 0 Å². The molecule has 1 aromatic heterocycles. The first-order valence-electron chi connectivity index (χ1n) is 8.72. The molecule has 0 spiro atoms. The molecule has 0 saturated carbocycles.